The molecule has 0 fully saturated rings. The number of benzene rings is 2. The van der Waals surface area contributed by atoms with Crippen molar-refractivity contribution in [3.05, 3.63) is 89.6 Å². The van der Waals surface area contributed by atoms with Crippen LogP contribution in [0, 0.1) is 6.92 Å². The minimum absolute atomic E-state index is 0.949. The second-order valence-corrected chi connectivity index (χ2v) is 4.78. The molecule has 0 bridgehead atoms. The van der Waals surface area contributed by atoms with Crippen molar-refractivity contribution < 1.29 is 0 Å². The molecule has 1 nitrogen and oxygen atoms in total. The van der Waals surface area contributed by atoms with E-state index in [1.54, 1.807) is 0 Å². The highest BCUT2D eigenvalue weighted by atomic mass is 14.8. The van der Waals surface area contributed by atoms with E-state index in [4.69, 9.17) is 0 Å². The van der Waals surface area contributed by atoms with Gasteiger partial charge in [-0.1, -0.05) is 60.7 Å². The van der Waals surface area contributed by atoms with Crippen LogP contribution in [0.2, 0.25) is 0 Å². The molecule has 0 saturated carbocycles. The topological polar surface area (TPSA) is 12.0 Å². The molecule has 0 radical (unpaired) electrons. The summed E-state index contributed by atoms with van der Waals surface area (Å²) < 4.78 is 0. The van der Waals surface area contributed by atoms with Crippen molar-refractivity contribution in [2.45, 2.75) is 13.3 Å². The summed E-state index contributed by atoms with van der Waals surface area (Å²) in [5, 5.41) is 3.06. The van der Waals surface area contributed by atoms with Crippen LogP contribution >= 0.6 is 0 Å². The Morgan fingerprint density at radius 3 is 2.40 bits per heavy atom. The molecule has 0 atom stereocenters. The molecule has 0 spiro atoms. The molecule has 0 heterocycles. The average molecular weight is 263 g/mol. The first-order chi connectivity index (χ1) is 9.81. The molecule has 1 heteroatoms. The van der Waals surface area contributed by atoms with Crippen LogP contribution in [0.3, 0.4) is 0 Å². The predicted molar refractivity (Wildman–Crippen MR) is 87.5 cm³/mol. The first-order valence-corrected chi connectivity index (χ1v) is 6.95. The summed E-state index contributed by atoms with van der Waals surface area (Å²) in [6, 6.07) is 19.0. The molecule has 0 aromatic heterocycles. The Kier molecular flexibility index (Phi) is 5.19. The zero-order valence-corrected chi connectivity index (χ0v) is 12.1. The quantitative estimate of drug-likeness (QED) is 0.791. The Labute approximate surface area is 121 Å². The zero-order chi connectivity index (χ0) is 14.2. The Hall–Kier alpha value is -2.28. The monoisotopic (exact) mass is 263 g/mol. The van der Waals surface area contributed by atoms with Crippen molar-refractivity contribution in [2.75, 3.05) is 7.05 Å². The molecular weight excluding hydrogens is 242 g/mol. The molecule has 102 valence electrons. The summed E-state index contributed by atoms with van der Waals surface area (Å²) in [5.74, 6) is 0. The van der Waals surface area contributed by atoms with Crippen molar-refractivity contribution >= 4 is 5.57 Å². The first kappa shape index (κ1) is 14.1. The Morgan fingerprint density at radius 2 is 1.70 bits per heavy atom. The van der Waals surface area contributed by atoms with Crippen LogP contribution in [0.4, 0.5) is 0 Å². The van der Waals surface area contributed by atoms with Gasteiger partial charge in [0.2, 0.25) is 0 Å². The Bertz CT molecular complexity index is 594. The van der Waals surface area contributed by atoms with E-state index in [1.807, 2.05) is 19.3 Å². The van der Waals surface area contributed by atoms with Crippen LogP contribution in [0.5, 0.6) is 0 Å². The summed E-state index contributed by atoms with van der Waals surface area (Å²) in [7, 11) is 1.92. The van der Waals surface area contributed by atoms with Gasteiger partial charge < -0.3 is 5.32 Å². The maximum absolute atomic E-state index is 3.06. The van der Waals surface area contributed by atoms with Gasteiger partial charge in [-0.15, -0.1) is 0 Å². The zero-order valence-electron chi connectivity index (χ0n) is 12.1. The Morgan fingerprint density at radius 1 is 1.00 bits per heavy atom. The van der Waals surface area contributed by atoms with Gasteiger partial charge in [0.25, 0.3) is 0 Å². The highest BCUT2D eigenvalue weighted by Gasteiger charge is 1.99. The lowest BCUT2D eigenvalue weighted by molar-refractivity contribution is 1.10. The van der Waals surface area contributed by atoms with Gasteiger partial charge >= 0.3 is 0 Å². The fourth-order valence-corrected chi connectivity index (χ4v) is 2.14. The van der Waals surface area contributed by atoms with Crippen molar-refractivity contribution in [3.63, 3.8) is 0 Å². The molecule has 2 aromatic rings. The van der Waals surface area contributed by atoms with Crippen LogP contribution in [-0.4, -0.2) is 7.05 Å². The molecule has 1 N–H and O–H groups in total. The van der Waals surface area contributed by atoms with E-state index in [-0.39, 0.29) is 0 Å². The third kappa shape index (κ3) is 3.86. The smallest absolute Gasteiger partial charge is 0.00277 e. The molecule has 0 aliphatic heterocycles. The lowest BCUT2D eigenvalue weighted by Gasteiger charge is -2.05. The molecule has 0 aliphatic rings. The molecule has 0 amide bonds. The van der Waals surface area contributed by atoms with E-state index in [1.165, 1.54) is 22.3 Å². The number of nitrogens with one attached hydrogen (secondary N) is 1. The molecule has 2 rings (SSSR count). The standard InChI is InChI=1S/C19H21N/c1-16-8-6-7-9-17(16)12-13-19(14-15-20-2)18-10-4-3-5-11-18/h3-11,13-15,20H,12H2,1-2H3/b15-14-,19-13+. The van der Waals surface area contributed by atoms with Crippen molar-refractivity contribution in [1.82, 2.24) is 5.32 Å². The van der Waals surface area contributed by atoms with Crippen LogP contribution in [0.1, 0.15) is 16.7 Å². The summed E-state index contributed by atoms with van der Waals surface area (Å²) in [6.07, 6.45) is 7.32. The lowest BCUT2D eigenvalue weighted by atomic mass is 10.0. The van der Waals surface area contributed by atoms with Gasteiger partial charge in [-0.2, -0.15) is 0 Å². The highest BCUT2D eigenvalue weighted by molar-refractivity contribution is 5.74. The number of aryl methyl sites for hydroxylation is 1. The number of hydrogen-bond donors (Lipinski definition) is 1. The van der Waals surface area contributed by atoms with E-state index in [0.717, 1.165) is 6.42 Å². The lowest BCUT2D eigenvalue weighted by Crippen LogP contribution is -1.93. The van der Waals surface area contributed by atoms with Gasteiger partial charge in [-0.05, 0) is 47.9 Å². The largest absolute Gasteiger partial charge is 0.394 e. The SMILES string of the molecule is CN/C=C\C(=C/Cc1ccccc1C)c1ccccc1. The van der Waals surface area contributed by atoms with Gasteiger partial charge in [0, 0.05) is 7.05 Å². The van der Waals surface area contributed by atoms with E-state index < -0.39 is 0 Å². The van der Waals surface area contributed by atoms with E-state index in [0.29, 0.717) is 0 Å². The molecule has 0 saturated heterocycles. The van der Waals surface area contributed by atoms with Gasteiger partial charge in [0.05, 0.1) is 0 Å². The summed E-state index contributed by atoms with van der Waals surface area (Å²) in [5.41, 5.74) is 5.20. The fourth-order valence-electron chi connectivity index (χ4n) is 2.14. The fraction of sp³-hybridized carbons (Fsp3) is 0.158. The normalized spacial score (nSPS) is 11.8. The van der Waals surface area contributed by atoms with Crippen molar-refractivity contribution in [3.8, 4) is 0 Å². The van der Waals surface area contributed by atoms with Crippen molar-refractivity contribution in [1.29, 1.82) is 0 Å². The summed E-state index contributed by atoms with van der Waals surface area (Å²) in [6.45, 7) is 2.16. The third-order valence-corrected chi connectivity index (χ3v) is 3.34. The maximum Gasteiger partial charge on any atom is 0.00277 e. The van der Waals surface area contributed by atoms with Gasteiger partial charge in [-0.25, -0.2) is 0 Å². The van der Waals surface area contributed by atoms with E-state index in [9.17, 15) is 0 Å². The predicted octanol–water partition coefficient (Wildman–Crippen LogP) is 4.35. The van der Waals surface area contributed by atoms with Crippen LogP contribution in [0.15, 0.2) is 72.9 Å². The maximum atomic E-state index is 3.06. The molecule has 0 aliphatic carbocycles. The molecule has 0 unspecified atom stereocenters. The first-order valence-electron chi connectivity index (χ1n) is 6.95. The van der Waals surface area contributed by atoms with Gasteiger partial charge in [0.1, 0.15) is 0 Å². The van der Waals surface area contributed by atoms with Gasteiger partial charge in [-0.3, -0.25) is 0 Å². The number of allylic oxidation sites excluding steroid dienone is 3. The van der Waals surface area contributed by atoms with Crippen molar-refractivity contribution in [2.24, 2.45) is 0 Å². The summed E-state index contributed by atoms with van der Waals surface area (Å²) in [4.78, 5) is 0. The molecular formula is C19H21N. The molecule has 2 aromatic carbocycles. The van der Waals surface area contributed by atoms with Crippen LogP contribution in [0.25, 0.3) is 5.57 Å². The Balaban J connectivity index is 2.25. The minimum atomic E-state index is 0.949. The number of rotatable bonds is 5. The van der Waals surface area contributed by atoms with Crippen LogP contribution in [-0.2, 0) is 6.42 Å². The third-order valence-electron chi connectivity index (χ3n) is 3.34. The number of hydrogen-bond acceptors (Lipinski definition) is 1. The second kappa shape index (κ2) is 7.34. The molecule has 20 heavy (non-hydrogen) atoms. The summed E-state index contributed by atoms with van der Waals surface area (Å²) >= 11 is 0. The van der Waals surface area contributed by atoms with E-state index in [2.05, 4.69) is 72.9 Å². The van der Waals surface area contributed by atoms with E-state index >= 15 is 0 Å². The minimum Gasteiger partial charge on any atom is -0.394 e. The second-order valence-electron chi connectivity index (χ2n) is 4.78. The average Bonchev–Trinajstić information content (AvgIpc) is 2.50. The highest BCUT2D eigenvalue weighted by Crippen LogP contribution is 2.17. The van der Waals surface area contributed by atoms with Gasteiger partial charge in [0.15, 0.2) is 0 Å². The van der Waals surface area contributed by atoms with Crippen LogP contribution < -0.4 is 5.32 Å².